The zero-order valence-corrected chi connectivity index (χ0v) is 15.2. The third-order valence-corrected chi connectivity index (χ3v) is 7.07. The van der Waals surface area contributed by atoms with Gasteiger partial charge in [0.2, 0.25) is 0 Å². The number of carbonyl (C=O) groups is 2. The predicted octanol–water partition coefficient (Wildman–Crippen LogP) is 1.16. The Balaban J connectivity index is 1.35. The molecule has 144 valence electrons. The largest absolute Gasteiger partial charge is 0.463 e. The van der Waals surface area contributed by atoms with Gasteiger partial charge in [-0.3, -0.25) is 0 Å². The van der Waals surface area contributed by atoms with Crippen molar-refractivity contribution in [2.24, 2.45) is 23.2 Å². The maximum Gasteiger partial charge on any atom is 0.338 e. The number of esters is 2. The van der Waals surface area contributed by atoms with Crippen molar-refractivity contribution in [1.82, 2.24) is 0 Å². The van der Waals surface area contributed by atoms with Crippen LogP contribution in [0.1, 0.15) is 46.0 Å². The Bertz CT molecular complexity index is 635. The topological polar surface area (TPSA) is 91.3 Å². The minimum atomic E-state index is -1.47. The van der Waals surface area contributed by atoms with E-state index < -0.39 is 23.5 Å². The lowest BCUT2D eigenvalue weighted by Crippen LogP contribution is -2.63. The molecule has 6 fully saturated rings. The van der Waals surface area contributed by atoms with Crippen molar-refractivity contribution in [3.63, 3.8) is 0 Å². The van der Waals surface area contributed by atoms with E-state index in [1.54, 1.807) is 0 Å². The number of aliphatic hydroxyl groups is 1. The van der Waals surface area contributed by atoms with Gasteiger partial charge in [-0.05, 0) is 51.9 Å². The minimum absolute atomic E-state index is 0.0619. The maximum absolute atomic E-state index is 12.0. The fourth-order valence-electron chi connectivity index (χ4n) is 6.21. The number of hydrogen-bond donors (Lipinski definition) is 1. The molecule has 0 amide bonds. The number of carbonyl (C=O) groups excluding carboxylic acids is 2. The molecule has 2 aliphatic heterocycles. The van der Waals surface area contributed by atoms with Crippen molar-refractivity contribution in [3.05, 3.63) is 0 Å². The van der Waals surface area contributed by atoms with Gasteiger partial charge in [0.05, 0.1) is 6.61 Å². The van der Waals surface area contributed by atoms with Crippen molar-refractivity contribution in [2.45, 2.75) is 69.5 Å². The SMILES string of the molecule is CC(C)(O)C(=O)OCC12CC3CC(C1)C1(OC4COC(=O)C4O1)C(C3)C2. The van der Waals surface area contributed by atoms with Crippen LogP contribution in [0.3, 0.4) is 0 Å². The highest BCUT2D eigenvalue weighted by Crippen LogP contribution is 2.66. The Hall–Kier alpha value is -1.18. The molecular weight excluding hydrogens is 340 g/mol. The quantitative estimate of drug-likeness (QED) is 0.750. The maximum atomic E-state index is 12.0. The summed E-state index contributed by atoms with van der Waals surface area (Å²) in [7, 11) is 0. The fraction of sp³-hybridized carbons (Fsp3) is 0.895. The van der Waals surface area contributed by atoms with Crippen LogP contribution in [-0.4, -0.2) is 53.9 Å². The second-order valence-corrected chi connectivity index (χ2v) is 9.52. The van der Waals surface area contributed by atoms with E-state index in [0.29, 0.717) is 12.5 Å². The Kier molecular flexibility index (Phi) is 3.39. The lowest BCUT2D eigenvalue weighted by molar-refractivity contribution is -0.318. The van der Waals surface area contributed by atoms with Gasteiger partial charge in [0.15, 0.2) is 17.5 Å². The van der Waals surface area contributed by atoms with Gasteiger partial charge >= 0.3 is 11.9 Å². The van der Waals surface area contributed by atoms with Gasteiger partial charge in [-0.1, -0.05) is 0 Å². The summed E-state index contributed by atoms with van der Waals surface area (Å²) in [6.45, 7) is 3.51. The standard InChI is InChI=1S/C19H26O7/c1-17(2,22)16(21)24-9-18-5-10-3-11(6-18)19(12(4-10)7-18)25-13-8-23-15(20)14(13)26-19/h10-14,22H,3-9H2,1-2H3. The van der Waals surface area contributed by atoms with Gasteiger partial charge in [-0.15, -0.1) is 0 Å². The molecule has 1 spiro atoms. The number of hydrogen-bond acceptors (Lipinski definition) is 7. The number of rotatable bonds is 3. The summed E-state index contributed by atoms with van der Waals surface area (Å²) in [5.41, 5.74) is -1.54. The molecular formula is C19H26O7. The molecule has 6 rings (SSSR count). The molecule has 6 aliphatic rings. The number of cyclic esters (lactones) is 1. The third-order valence-electron chi connectivity index (χ3n) is 7.07. The van der Waals surface area contributed by atoms with Gasteiger partial charge < -0.3 is 24.1 Å². The Morgan fingerprint density at radius 3 is 2.54 bits per heavy atom. The fourth-order valence-corrected chi connectivity index (χ4v) is 6.21. The summed E-state index contributed by atoms with van der Waals surface area (Å²) < 4.78 is 23.1. The minimum Gasteiger partial charge on any atom is -0.463 e. The normalized spacial score (nSPS) is 48.7. The van der Waals surface area contributed by atoms with Gasteiger partial charge in [-0.2, -0.15) is 0 Å². The smallest absolute Gasteiger partial charge is 0.338 e. The average molecular weight is 366 g/mol. The molecule has 26 heavy (non-hydrogen) atoms. The first-order valence-electron chi connectivity index (χ1n) is 9.63. The lowest BCUT2D eigenvalue weighted by atomic mass is 9.47. The van der Waals surface area contributed by atoms with E-state index >= 15 is 0 Å². The molecule has 0 aromatic heterocycles. The Morgan fingerprint density at radius 1 is 1.23 bits per heavy atom. The van der Waals surface area contributed by atoms with Gasteiger partial charge in [0.1, 0.15) is 12.7 Å². The van der Waals surface area contributed by atoms with Crippen LogP contribution in [0.2, 0.25) is 0 Å². The number of ether oxygens (including phenoxy) is 4. The molecule has 4 bridgehead atoms. The van der Waals surface area contributed by atoms with Crippen LogP contribution in [0.15, 0.2) is 0 Å². The first-order chi connectivity index (χ1) is 12.2. The van der Waals surface area contributed by atoms with Crippen molar-refractivity contribution in [3.8, 4) is 0 Å². The zero-order valence-electron chi connectivity index (χ0n) is 15.2. The highest BCUT2D eigenvalue weighted by Gasteiger charge is 2.69. The van der Waals surface area contributed by atoms with Crippen molar-refractivity contribution >= 4 is 11.9 Å². The van der Waals surface area contributed by atoms with E-state index in [1.165, 1.54) is 13.8 Å². The van der Waals surface area contributed by atoms with Crippen LogP contribution >= 0.6 is 0 Å². The van der Waals surface area contributed by atoms with Gasteiger partial charge in [-0.25, -0.2) is 9.59 Å². The first kappa shape index (κ1) is 17.0. The average Bonchev–Trinajstić information content (AvgIpc) is 3.09. The highest BCUT2D eigenvalue weighted by molar-refractivity contribution is 5.78. The molecule has 7 heteroatoms. The monoisotopic (exact) mass is 366 g/mol. The molecule has 4 atom stereocenters. The van der Waals surface area contributed by atoms with E-state index in [9.17, 15) is 14.7 Å². The first-order valence-corrected chi connectivity index (χ1v) is 9.63. The summed E-state index contributed by atoms with van der Waals surface area (Å²) in [6, 6.07) is 0. The van der Waals surface area contributed by atoms with E-state index in [0.717, 1.165) is 32.1 Å². The van der Waals surface area contributed by atoms with Crippen LogP contribution in [-0.2, 0) is 28.5 Å². The van der Waals surface area contributed by atoms with E-state index in [-0.39, 0.29) is 35.9 Å². The van der Waals surface area contributed by atoms with Gasteiger partial charge in [0, 0.05) is 17.3 Å². The third kappa shape index (κ3) is 2.29. The van der Waals surface area contributed by atoms with Crippen molar-refractivity contribution < 1.29 is 33.6 Å². The molecule has 7 nitrogen and oxygen atoms in total. The molecule has 2 saturated heterocycles. The van der Waals surface area contributed by atoms with Crippen LogP contribution in [0, 0.1) is 23.2 Å². The molecule has 0 aromatic carbocycles. The Labute approximate surface area is 152 Å². The zero-order chi connectivity index (χ0) is 18.3. The molecule has 2 heterocycles. The molecule has 4 aliphatic carbocycles. The molecule has 0 aromatic rings. The summed E-state index contributed by atoms with van der Waals surface area (Å²) in [5, 5.41) is 9.82. The molecule has 4 saturated carbocycles. The van der Waals surface area contributed by atoms with Crippen LogP contribution in [0.25, 0.3) is 0 Å². The lowest BCUT2D eigenvalue weighted by Gasteiger charge is -2.62. The van der Waals surface area contributed by atoms with Gasteiger partial charge in [0.25, 0.3) is 0 Å². The molecule has 1 N–H and O–H groups in total. The highest BCUT2D eigenvalue weighted by atomic mass is 16.8. The number of fused-ring (bicyclic) bond motifs is 1. The van der Waals surface area contributed by atoms with E-state index in [4.69, 9.17) is 18.9 Å². The summed E-state index contributed by atoms with van der Waals surface area (Å²) in [5.74, 6) is -0.544. The van der Waals surface area contributed by atoms with Crippen molar-refractivity contribution in [1.29, 1.82) is 0 Å². The van der Waals surface area contributed by atoms with E-state index in [1.807, 2.05) is 0 Å². The molecule has 4 unspecified atom stereocenters. The van der Waals surface area contributed by atoms with E-state index in [2.05, 4.69) is 0 Å². The van der Waals surface area contributed by atoms with Crippen LogP contribution in [0.5, 0.6) is 0 Å². The second kappa shape index (κ2) is 5.20. The predicted molar refractivity (Wildman–Crippen MR) is 86.7 cm³/mol. The second-order valence-electron chi connectivity index (χ2n) is 9.52. The van der Waals surface area contributed by atoms with Crippen molar-refractivity contribution in [2.75, 3.05) is 13.2 Å². The van der Waals surface area contributed by atoms with Crippen LogP contribution in [0.4, 0.5) is 0 Å². The summed E-state index contributed by atoms with van der Waals surface area (Å²) >= 11 is 0. The Morgan fingerprint density at radius 2 is 1.92 bits per heavy atom. The molecule has 0 radical (unpaired) electrons. The summed E-state index contributed by atoms with van der Waals surface area (Å²) in [4.78, 5) is 23.9. The summed E-state index contributed by atoms with van der Waals surface area (Å²) in [6.07, 6.45) is 3.98. The van der Waals surface area contributed by atoms with Crippen LogP contribution < -0.4 is 0 Å².